The largest absolute Gasteiger partial charge is 0.0845 e. The van der Waals surface area contributed by atoms with Crippen molar-refractivity contribution < 1.29 is 0 Å². The SMILES string of the molecule is CC(C)CC(C)C1CCC2C3CC=C4CCCCC4(C)C3CCC12C. The molecule has 0 radical (unpaired) electrons. The molecule has 4 aliphatic rings. The molecule has 0 bridgehead atoms. The van der Waals surface area contributed by atoms with Gasteiger partial charge in [0.05, 0.1) is 0 Å². The van der Waals surface area contributed by atoms with Crippen molar-refractivity contribution in [3.05, 3.63) is 11.6 Å². The van der Waals surface area contributed by atoms with Gasteiger partial charge in [0, 0.05) is 0 Å². The predicted molar refractivity (Wildman–Crippen MR) is 108 cm³/mol. The van der Waals surface area contributed by atoms with Crippen LogP contribution in [0.3, 0.4) is 0 Å². The average molecular weight is 343 g/mol. The van der Waals surface area contributed by atoms with Crippen molar-refractivity contribution >= 4 is 0 Å². The molecule has 0 heteroatoms. The van der Waals surface area contributed by atoms with Crippen molar-refractivity contribution in [3.8, 4) is 0 Å². The van der Waals surface area contributed by atoms with E-state index < -0.39 is 0 Å². The van der Waals surface area contributed by atoms with E-state index in [-0.39, 0.29) is 0 Å². The van der Waals surface area contributed by atoms with Crippen LogP contribution in [-0.4, -0.2) is 0 Å². The van der Waals surface area contributed by atoms with Crippen molar-refractivity contribution in [3.63, 3.8) is 0 Å². The first kappa shape index (κ1) is 18.1. The lowest BCUT2D eigenvalue weighted by molar-refractivity contribution is -0.0506. The third-order valence-corrected chi connectivity index (χ3v) is 9.62. The third kappa shape index (κ3) is 2.76. The Morgan fingerprint density at radius 2 is 1.80 bits per heavy atom. The molecule has 0 amide bonds. The first-order chi connectivity index (χ1) is 11.9. The van der Waals surface area contributed by atoms with Gasteiger partial charge in [-0.3, -0.25) is 0 Å². The highest BCUT2D eigenvalue weighted by atomic mass is 14.6. The Kier molecular flexibility index (Phi) is 4.65. The van der Waals surface area contributed by atoms with Crippen LogP contribution in [0, 0.1) is 46.3 Å². The molecule has 0 nitrogen and oxygen atoms in total. The number of rotatable bonds is 3. The molecule has 0 saturated heterocycles. The first-order valence-corrected chi connectivity index (χ1v) is 11.6. The number of fused-ring (bicyclic) bond motifs is 5. The van der Waals surface area contributed by atoms with E-state index in [0.717, 1.165) is 35.5 Å². The second kappa shape index (κ2) is 6.42. The quantitative estimate of drug-likeness (QED) is 0.462. The van der Waals surface area contributed by atoms with Gasteiger partial charge in [-0.2, -0.15) is 0 Å². The summed E-state index contributed by atoms with van der Waals surface area (Å²) in [4.78, 5) is 0. The molecular formula is C25H42. The van der Waals surface area contributed by atoms with Crippen LogP contribution in [-0.2, 0) is 0 Å². The maximum absolute atomic E-state index is 2.73. The molecule has 0 aliphatic heterocycles. The molecule has 4 rings (SSSR count). The molecule has 25 heavy (non-hydrogen) atoms. The Labute approximate surface area is 157 Å². The van der Waals surface area contributed by atoms with Gasteiger partial charge in [-0.1, -0.05) is 52.7 Å². The monoisotopic (exact) mass is 342 g/mol. The van der Waals surface area contributed by atoms with Crippen LogP contribution in [0.25, 0.3) is 0 Å². The van der Waals surface area contributed by atoms with Gasteiger partial charge in [-0.15, -0.1) is 0 Å². The lowest BCUT2D eigenvalue weighted by Crippen LogP contribution is -2.50. The molecule has 0 N–H and O–H groups in total. The van der Waals surface area contributed by atoms with Crippen molar-refractivity contribution in [2.75, 3.05) is 0 Å². The summed E-state index contributed by atoms with van der Waals surface area (Å²) in [6.07, 6.45) is 17.5. The molecule has 4 aliphatic carbocycles. The van der Waals surface area contributed by atoms with E-state index >= 15 is 0 Å². The Morgan fingerprint density at radius 3 is 2.56 bits per heavy atom. The molecule has 0 spiro atoms. The molecule has 7 unspecified atom stereocenters. The molecular weight excluding hydrogens is 300 g/mol. The Morgan fingerprint density at radius 1 is 1.00 bits per heavy atom. The maximum atomic E-state index is 2.73. The molecule has 142 valence electrons. The topological polar surface area (TPSA) is 0 Å². The molecule has 3 fully saturated rings. The average Bonchev–Trinajstić information content (AvgIpc) is 2.91. The third-order valence-electron chi connectivity index (χ3n) is 9.62. The zero-order chi connectivity index (χ0) is 17.8. The fourth-order valence-corrected chi connectivity index (χ4v) is 8.58. The van der Waals surface area contributed by atoms with Crippen molar-refractivity contribution in [1.29, 1.82) is 0 Å². The highest BCUT2D eigenvalue weighted by Gasteiger charge is 2.58. The molecule has 7 atom stereocenters. The maximum Gasteiger partial charge on any atom is -0.00853 e. The Balaban J connectivity index is 1.58. The van der Waals surface area contributed by atoms with E-state index in [1.807, 2.05) is 5.57 Å². The normalized spacial score (nSPS) is 47.7. The highest BCUT2D eigenvalue weighted by molar-refractivity contribution is 5.24. The summed E-state index contributed by atoms with van der Waals surface area (Å²) < 4.78 is 0. The van der Waals surface area contributed by atoms with Crippen LogP contribution in [0.15, 0.2) is 11.6 Å². The first-order valence-electron chi connectivity index (χ1n) is 11.6. The van der Waals surface area contributed by atoms with Gasteiger partial charge in [-0.25, -0.2) is 0 Å². The number of allylic oxidation sites excluding steroid dienone is 2. The van der Waals surface area contributed by atoms with Crippen LogP contribution >= 0.6 is 0 Å². The second-order valence-corrected chi connectivity index (χ2v) is 11.3. The van der Waals surface area contributed by atoms with Crippen LogP contribution in [0.5, 0.6) is 0 Å². The van der Waals surface area contributed by atoms with Gasteiger partial charge in [0.1, 0.15) is 0 Å². The minimum absolute atomic E-state index is 0.574. The summed E-state index contributed by atoms with van der Waals surface area (Å²) in [5.41, 5.74) is 3.09. The number of hydrogen-bond donors (Lipinski definition) is 0. The van der Waals surface area contributed by atoms with Gasteiger partial charge in [0.15, 0.2) is 0 Å². The van der Waals surface area contributed by atoms with Crippen molar-refractivity contribution in [2.24, 2.45) is 46.3 Å². The molecule has 0 aromatic carbocycles. The summed E-state index contributed by atoms with van der Waals surface area (Å²) in [6, 6.07) is 0. The van der Waals surface area contributed by atoms with Gasteiger partial charge < -0.3 is 0 Å². The van der Waals surface area contributed by atoms with Crippen molar-refractivity contribution in [2.45, 2.75) is 98.8 Å². The van der Waals surface area contributed by atoms with Gasteiger partial charge in [0.25, 0.3) is 0 Å². The summed E-state index contributed by atoms with van der Waals surface area (Å²) >= 11 is 0. The summed E-state index contributed by atoms with van der Waals surface area (Å²) in [5.74, 6) is 5.79. The minimum Gasteiger partial charge on any atom is -0.0845 e. The number of hydrogen-bond acceptors (Lipinski definition) is 0. The zero-order valence-electron chi connectivity index (χ0n) is 17.6. The van der Waals surface area contributed by atoms with Gasteiger partial charge in [-0.05, 0) is 104 Å². The molecule has 0 aromatic heterocycles. The van der Waals surface area contributed by atoms with Gasteiger partial charge in [0.2, 0.25) is 0 Å². The van der Waals surface area contributed by atoms with E-state index in [9.17, 15) is 0 Å². The van der Waals surface area contributed by atoms with E-state index in [0.29, 0.717) is 10.8 Å². The second-order valence-electron chi connectivity index (χ2n) is 11.3. The predicted octanol–water partition coefficient (Wildman–Crippen LogP) is 7.64. The molecule has 0 heterocycles. The fourth-order valence-electron chi connectivity index (χ4n) is 8.58. The summed E-state index contributed by atoms with van der Waals surface area (Å²) in [7, 11) is 0. The molecule has 0 aromatic rings. The van der Waals surface area contributed by atoms with Crippen LogP contribution in [0.1, 0.15) is 98.8 Å². The lowest BCUT2D eigenvalue weighted by atomic mass is 9.47. The highest BCUT2D eigenvalue weighted by Crippen LogP contribution is 2.67. The van der Waals surface area contributed by atoms with E-state index in [2.05, 4.69) is 40.7 Å². The van der Waals surface area contributed by atoms with Crippen molar-refractivity contribution in [1.82, 2.24) is 0 Å². The zero-order valence-corrected chi connectivity index (χ0v) is 17.6. The van der Waals surface area contributed by atoms with Crippen LogP contribution in [0.2, 0.25) is 0 Å². The smallest absolute Gasteiger partial charge is 0.00853 e. The Bertz CT molecular complexity index is 528. The van der Waals surface area contributed by atoms with Crippen LogP contribution < -0.4 is 0 Å². The summed E-state index contributed by atoms with van der Waals surface area (Å²) in [5, 5.41) is 0. The lowest BCUT2D eigenvalue weighted by Gasteiger charge is -2.58. The summed E-state index contributed by atoms with van der Waals surface area (Å²) in [6.45, 7) is 12.8. The Hall–Kier alpha value is -0.260. The van der Waals surface area contributed by atoms with E-state index in [1.54, 1.807) is 0 Å². The molecule has 3 saturated carbocycles. The van der Waals surface area contributed by atoms with E-state index in [4.69, 9.17) is 0 Å². The van der Waals surface area contributed by atoms with Crippen LogP contribution in [0.4, 0.5) is 0 Å². The standard InChI is InChI=1S/C25H42/c1-17(2)16-18(3)21-11-12-22-20-10-9-19-8-6-7-14-24(19,4)23(20)13-15-25(21,22)5/h9,17-18,20-23H,6-8,10-16H2,1-5H3. The van der Waals surface area contributed by atoms with E-state index in [1.165, 1.54) is 64.2 Å². The minimum atomic E-state index is 0.574. The fraction of sp³-hybridized carbons (Fsp3) is 0.920. The van der Waals surface area contributed by atoms with Gasteiger partial charge >= 0.3 is 0 Å².